The first-order valence-electron chi connectivity index (χ1n) is 25.6. The van der Waals surface area contributed by atoms with E-state index in [1.165, 1.54) is 57.8 Å². The van der Waals surface area contributed by atoms with Crippen LogP contribution in [0.4, 0.5) is 0 Å². The Hall–Kier alpha value is -6.09. The normalized spacial score (nSPS) is 13.0. The second-order valence-electron chi connectivity index (χ2n) is 20.8. The van der Waals surface area contributed by atoms with Crippen molar-refractivity contribution in [2.45, 2.75) is 120 Å². The van der Waals surface area contributed by atoms with Gasteiger partial charge in [0.2, 0.25) is 0 Å². The van der Waals surface area contributed by atoms with E-state index in [0.717, 1.165) is 85.5 Å². The highest BCUT2D eigenvalue weighted by Crippen LogP contribution is 2.37. The van der Waals surface area contributed by atoms with Crippen LogP contribution in [-0.4, -0.2) is 35.3 Å². The van der Waals surface area contributed by atoms with Crippen molar-refractivity contribution in [3.63, 3.8) is 0 Å². The molecule has 0 unspecified atom stereocenters. The molecular weight excluding hydrogens is 859 g/mol. The first-order chi connectivity index (χ1) is 33.3. The van der Waals surface area contributed by atoms with Gasteiger partial charge in [-0.2, -0.15) is 0 Å². The molecule has 0 saturated heterocycles. The zero-order valence-corrected chi connectivity index (χ0v) is 42.6. The van der Waals surface area contributed by atoms with Gasteiger partial charge in [0.25, 0.3) is 0 Å². The van der Waals surface area contributed by atoms with E-state index in [-0.39, 0.29) is 0 Å². The molecule has 3 atom stereocenters. The van der Waals surface area contributed by atoms with Gasteiger partial charge >= 0.3 is 0 Å². The van der Waals surface area contributed by atoms with Gasteiger partial charge in [-0.1, -0.05) is 116 Å². The molecule has 0 fully saturated rings. The molecule has 0 N–H and O–H groups in total. The van der Waals surface area contributed by atoms with Crippen molar-refractivity contribution in [2.24, 2.45) is 35.5 Å². The second kappa shape index (κ2) is 25.0. The lowest BCUT2D eigenvalue weighted by Gasteiger charge is -2.14. The highest BCUT2D eigenvalue weighted by molar-refractivity contribution is 5.80. The monoisotopic (exact) mass is 934 g/mol. The van der Waals surface area contributed by atoms with E-state index < -0.39 is 0 Å². The van der Waals surface area contributed by atoms with Crippen molar-refractivity contribution in [3.05, 3.63) is 109 Å². The molecule has 69 heavy (non-hydrogen) atoms. The smallest absolute Gasteiger partial charge is 0.167 e. The Kier molecular flexibility index (Phi) is 18.4. The molecule has 0 aliphatic heterocycles. The Labute approximate surface area is 411 Å². The minimum Gasteiger partial charge on any atom is -0.493 e. The number of ether oxygens (including phenoxy) is 3. The molecule has 0 radical (unpaired) electrons. The summed E-state index contributed by atoms with van der Waals surface area (Å²) in [4.78, 5) is 0. The molecule has 9 nitrogen and oxygen atoms in total. The van der Waals surface area contributed by atoms with Crippen molar-refractivity contribution in [1.82, 2.24) is 15.5 Å². The third-order valence-corrected chi connectivity index (χ3v) is 12.8. The lowest BCUT2D eigenvalue weighted by Crippen LogP contribution is -2.08. The number of nitrogens with zero attached hydrogens (tertiary/aromatic N) is 3. The van der Waals surface area contributed by atoms with Crippen LogP contribution in [0.1, 0.15) is 120 Å². The summed E-state index contributed by atoms with van der Waals surface area (Å²) < 4.78 is 36.6. The highest BCUT2D eigenvalue weighted by Gasteiger charge is 2.19. The van der Waals surface area contributed by atoms with Gasteiger partial charge in [0.15, 0.2) is 17.3 Å². The van der Waals surface area contributed by atoms with E-state index in [4.69, 9.17) is 27.8 Å². The summed E-state index contributed by atoms with van der Waals surface area (Å²) in [6.45, 7) is 22.5. The highest BCUT2D eigenvalue weighted by atomic mass is 16.5. The molecule has 0 saturated carbocycles. The zero-order chi connectivity index (χ0) is 48.7. The van der Waals surface area contributed by atoms with Crippen LogP contribution in [0.3, 0.4) is 0 Å². The van der Waals surface area contributed by atoms with Gasteiger partial charge in [0.1, 0.15) is 34.3 Å². The summed E-state index contributed by atoms with van der Waals surface area (Å²) in [5, 5.41) is 13.5. The van der Waals surface area contributed by atoms with E-state index in [1.54, 1.807) is 0 Å². The second-order valence-corrected chi connectivity index (χ2v) is 20.8. The zero-order valence-electron chi connectivity index (χ0n) is 42.6. The lowest BCUT2D eigenvalue weighted by molar-refractivity contribution is 0.247. The SMILES string of the molecule is CC(C)CCC[C@@H](C)COc1ccc(-c2cc(-c3cc(-c4cc(-c5ccc(OC[C@H](C)CCCC(C)C)cc5)no4)cc(-c4cc(-c5ccc(OC[C@H](C)CCCC(C)C)cc5)no4)c3)on2)cc1. The lowest BCUT2D eigenvalue weighted by atomic mass is 9.99. The third kappa shape index (κ3) is 15.5. The largest absolute Gasteiger partial charge is 0.493 e. The molecule has 3 heterocycles. The molecule has 9 heteroatoms. The number of aromatic nitrogens is 3. The Morgan fingerprint density at radius 1 is 0.333 bits per heavy atom. The quantitative estimate of drug-likeness (QED) is 0.0498. The summed E-state index contributed by atoms with van der Waals surface area (Å²) in [7, 11) is 0. The summed E-state index contributed by atoms with van der Waals surface area (Å²) in [6.07, 6.45) is 10.9. The molecule has 0 spiro atoms. The molecular formula is C60H75N3O6. The van der Waals surface area contributed by atoms with Crippen LogP contribution in [0.15, 0.2) is 123 Å². The van der Waals surface area contributed by atoms with Gasteiger partial charge in [-0.05, 0) is 146 Å². The minimum atomic E-state index is 0.499. The standard InChI is InChI=1S/C60H75N3O6/c1-40(2)13-10-16-43(7)37-64-52-25-19-46(20-26-52)55-34-58(67-61-55)49-31-50(59-35-56(62-68-59)47-21-27-53(28-22-47)65-38-44(8)17-11-14-41(3)4)33-51(32-49)60-36-57(63-69-60)48-23-29-54(30-24-48)66-39-45(9)18-12-15-42(5)6/h19-36,40-45H,10-18,37-39H2,1-9H3/t43-,44-,45-/m1/s1. The molecule has 7 aromatic rings. The van der Waals surface area contributed by atoms with E-state index in [0.29, 0.717) is 54.9 Å². The van der Waals surface area contributed by atoms with Crippen LogP contribution < -0.4 is 14.2 Å². The third-order valence-electron chi connectivity index (χ3n) is 12.8. The predicted molar refractivity (Wildman–Crippen MR) is 279 cm³/mol. The first-order valence-corrected chi connectivity index (χ1v) is 25.6. The number of rotatable bonds is 27. The fourth-order valence-electron chi connectivity index (χ4n) is 8.45. The maximum atomic E-state index is 6.16. The summed E-state index contributed by atoms with van der Waals surface area (Å²) in [6, 6.07) is 36.1. The maximum absolute atomic E-state index is 6.16. The Balaban J connectivity index is 1.09. The molecule has 0 amide bonds. The van der Waals surface area contributed by atoms with Gasteiger partial charge in [-0.25, -0.2) is 0 Å². The summed E-state index contributed by atoms with van der Waals surface area (Å²) in [5.74, 6) is 8.01. The molecule has 3 aromatic heterocycles. The van der Waals surface area contributed by atoms with Crippen molar-refractivity contribution in [3.8, 4) is 85.0 Å². The van der Waals surface area contributed by atoms with Crippen LogP contribution in [0.2, 0.25) is 0 Å². The van der Waals surface area contributed by atoms with Crippen LogP contribution in [0, 0.1) is 35.5 Å². The van der Waals surface area contributed by atoms with Crippen molar-refractivity contribution < 1.29 is 27.8 Å². The Morgan fingerprint density at radius 3 is 0.841 bits per heavy atom. The van der Waals surface area contributed by atoms with E-state index in [1.807, 2.05) is 109 Å². The van der Waals surface area contributed by atoms with Gasteiger partial charge in [0.05, 0.1) is 19.8 Å². The number of hydrogen-bond acceptors (Lipinski definition) is 9. The number of hydrogen-bond donors (Lipinski definition) is 0. The summed E-state index contributed by atoms with van der Waals surface area (Å²) >= 11 is 0. The fourth-order valence-corrected chi connectivity index (χ4v) is 8.45. The summed E-state index contributed by atoms with van der Waals surface area (Å²) in [5.41, 5.74) is 7.33. The Bertz CT molecular complexity index is 2290. The Morgan fingerprint density at radius 2 is 0.594 bits per heavy atom. The van der Waals surface area contributed by atoms with E-state index >= 15 is 0 Å². The van der Waals surface area contributed by atoms with Gasteiger partial charge in [-0.15, -0.1) is 0 Å². The van der Waals surface area contributed by atoms with Gasteiger partial charge < -0.3 is 27.8 Å². The molecule has 4 aromatic carbocycles. The maximum Gasteiger partial charge on any atom is 0.167 e. The minimum absolute atomic E-state index is 0.499. The van der Waals surface area contributed by atoms with Crippen molar-refractivity contribution in [2.75, 3.05) is 19.8 Å². The van der Waals surface area contributed by atoms with Crippen LogP contribution in [0.5, 0.6) is 17.2 Å². The number of benzene rings is 4. The molecule has 0 aliphatic rings. The van der Waals surface area contributed by atoms with Gasteiger partial charge in [-0.3, -0.25) is 0 Å². The first kappa shape index (κ1) is 50.8. The average molecular weight is 934 g/mol. The molecule has 366 valence electrons. The van der Waals surface area contributed by atoms with Gasteiger partial charge in [0, 0.05) is 51.6 Å². The van der Waals surface area contributed by atoms with E-state index in [9.17, 15) is 0 Å². The van der Waals surface area contributed by atoms with Crippen LogP contribution >= 0.6 is 0 Å². The van der Waals surface area contributed by atoms with Crippen molar-refractivity contribution >= 4 is 0 Å². The fraction of sp³-hybridized carbons (Fsp3) is 0.450. The predicted octanol–water partition coefficient (Wildman–Crippen LogP) is 17.2. The topological polar surface area (TPSA) is 106 Å². The molecule has 7 rings (SSSR count). The van der Waals surface area contributed by atoms with Crippen LogP contribution in [0.25, 0.3) is 67.7 Å². The van der Waals surface area contributed by atoms with Crippen molar-refractivity contribution in [1.29, 1.82) is 0 Å². The average Bonchev–Trinajstić information content (AvgIpc) is 4.15. The molecule has 0 aliphatic carbocycles. The van der Waals surface area contributed by atoms with Crippen LogP contribution in [-0.2, 0) is 0 Å². The molecule has 0 bridgehead atoms. The van der Waals surface area contributed by atoms with E-state index in [2.05, 4.69) is 77.8 Å².